The summed E-state index contributed by atoms with van der Waals surface area (Å²) in [6.45, 7) is 6.55. The van der Waals surface area contributed by atoms with E-state index in [0.717, 1.165) is 10.1 Å². The predicted molar refractivity (Wildman–Crippen MR) is 151 cm³/mol. The van der Waals surface area contributed by atoms with Gasteiger partial charge < -0.3 is 24.5 Å². The molecule has 1 saturated carbocycles. The Labute approximate surface area is 235 Å². The molecule has 1 aliphatic rings. The fourth-order valence-electron chi connectivity index (χ4n) is 5.31. The highest BCUT2D eigenvalue weighted by molar-refractivity contribution is 7.22. The molecule has 1 fully saturated rings. The van der Waals surface area contributed by atoms with Crippen molar-refractivity contribution in [2.24, 2.45) is 0 Å². The second-order valence-corrected chi connectivity index (χ2v) is 12.4. The minimum Gasteiger partial charge on any atom is -0.444 e. The van der Waals surface area contributed by atoms with Crippen LogP contribution in [0.2, 0.25) is 0 Å². The molecule has 11 heteroatoms. The van der Waals surface area contributed by atoms with E-state index in [4.69, 9.17) is 9.15 Å². The van der Waals surface area contributed by atoms with Crippen molar-refractivity contribution in [1.82, 2.24) is 14.1 Å². The number of oxazole rings is 1. The third kappa shape index (κ3) is 5.19. The highest BCUT2D eigenvalue weighted by Gasteiger charge is 2.36. The molecule has 0 spiro atoms. The van der Waals surface area contributed by atoms with Crippen molar-refractivity contribution in [3.8, 4) is 10.8 Å². The maximum atomic E-state index is 14.1. The molecule has 3 aromatic heterocycles. The van der Waals surface area contributed by atoms with Crippen molar-refractivity contribution in [3.63, 3.8) is 0 Å². The Balaban J connectivity index is 1.69. The van der Waals surface area contributed by atoms with E-state index in [9.17, 15) is 24.9 Å². The van der Waals surface area contributed by atoms with Crippen LogP contribution in [0.5, 0.6) is 0 Å². The summed E-state index contributed by atoms with van der Waals surface area (Å²) in [6, 6.07) is 9.57. The minimum atomic E-state index is -1.97. The number of benzene rings is 1. The van der Waals surface area contributed by atoms with Crippen LogP contribution in [0.15, 0.2) is 56.8 Å². The molecule has 1 atom stereocenters. The summed E-state index contributed by atoms with van der Waals surface area (Å²) in [4.78, 5) is 33.2. The van der Waals surface area contributed by atoms with Gasteiger partial charge in [-0.1, -0.05) is 30.3 Å². The van der Waals surface area contributed by atoms with Crippen LogP contribution in [0, 0.1) is 6.92 Å². The van der Waals surface area contributed by atoms with Gasteiger partial charge in [0.05, 0.1) is 40.2 Å². The first-order chi connectivity index (χ1) is 18.9. The van der Waals surface area contributed by atoms with Crippen LogP contribution < -0.4 is 11.2 Å². The van der Waals surface area contributed by atoms with Crippen LogP contribution in [0.25, 0.3) is 21.0 Å². The van der Waals surface area contributed by atoms with Gasteiger partial charge in [-0.2, -0.15) is 0 Å². The van der Waals surface area contributed by atoms with Gasteiger partial charge >= 0.3 is 5.69 Å². The SMILES string of the molecule is Cc1c(-c2ncco2)sc2c1c(=O)n(C(C)(C)C(O)O)c(=O)n2C[C@H](OC1CCC(C)(O)CC1)c1ccccc1. The summed E-state index contributed by atoms with van der Waals surface area (Å²) in [6.07, 6.45) is 2.90. The van der Waals surface area contributed by atoms with E-state index in [0.29, 0.717) is 46.8 Å². The summed E-state index contributed by atoms with van der Waals surface area (Å²) >= 11 is 1.23. The normalized spacial score (nSPS) is 20.9. The molecule has 4 aromatic rings. The number of ether oxygens (including phenoxy) is 1. The molecule has 3 N–H and O–H groups in total. The Hall–Kier alpha value is -3.09. The Kier molecular flexibility index (Phi) is 7.62. The summed E-state index contributed by atoms with van der Waals surface area (Å²) < 4.78 is 14.5. The third-order valence-corrected chi connectivity index (χ3v) is 9.24. The van der Waals surface area contributed by atoms with Crippen LogP contribution >= 0.6 is 11.3 Å². The van der Waals surface area contributed by atoms with E-state index in [-0.39, 0.29) is 18.0 Å². The molecule has 0 bridgehead atoms. The van der Waals surface area contributed by atoms with E-state index in [1.165, 1.54) is 42.2 Å². The van der Waals surface area contributed by atoms with Gasteiger partial charge in [0.1, 0.15) is 17.2 Å². The first kappa shape index (κ1) is 28.4. The number of aliphatic hydroxyl groups excluding tert-OH is 1. The number of fused-ring (bicyclic) bond motifs is 1. The first-order valence-electron chi connectivity index (χ1n) is 13.4. The van der Waals surface area contributed by atoms with Crippen molar-refractivity contribution < 1.29 is 24.5 Å². The lowest BCUT2D eigenvalue weighted by molar-refractivity contribution is -0.116. The van der Waals surface area contributed by atoms with Crippen molar-refractivity contribution in [3.05, 3.63) is 74.8 Å². The Bertz CT molecular complexity index is 1590. The number of hydrogen-bond acceptors (Lipinski definition) is 9. The lowest BCUT2D eigenvalue weighted by Crippen LogP contribution is -2.54. The van der Waals surface area contributed by atoms with Crippen LogP contribution in [-0.2, 0) is 16.8 Å². The molecule has 0 saturated heterocycles. The van der Waals surface area contributed by atoms with Gasteiger partial charge in [-0.15, -0.1) is 11.3 Å². The van der Waals surface area contributed by atoms with Crippen molar-refractivity contribution in [1.29, 1.82) is 0 Å². The van der Waals surface area contributed by atoms with E-state index in [1.807, 2.05) is 37.3 Å². The van der Waals surface area contributed by atoms with Crippen molar-refractivity contribution >= 4 is 21.6 Å². The van der Waals surface area contributed by atoms with E-state index in [2.05, 4.69) is 4.98 Å². The highest BCUT2D eigenvalue weighted by Crippen LogP contribution is 2.37. The molecular formula is C29H35N3O7S. The van der Waals surface area contributed by atoms with Gasteiger partial charge in [-0.05, 0) is 64.5 Å². The standard InChI is InChI=1S/C29H35N3O7S/c1-17-21-24(33)32(28(2,3)26(34)35)27(36)31(25(21)40-22(17)23-30-14-15-38-23)16-20(18-8-6-5-7-9-18)39-19-10-12-29(4,37)13-11-19/h5-9,14-15,19-20,26,34-35,37H,10-13,16H2,1-4H3/t19?,20-,29?/m0/s1. The van der Waals surface area contributed by atoms with Crippen LogP contribution in [0.4, 0.5) is 0 Å². The summed E-state index contributed by atoms with van der Waals surface area (Å²) in [5, 5.41) is 31.1. The maximum absolute atomic E-state index is 14.1. The quantitative estimate of drug-likeness (QED) is 0.273. The number of aryl methyl sites for hydroxylation is 1. The number of aliphatic hydroxyl groups is 3. The van der Waals surface area contributed by atoms with Gasteiger partial charge in [0.25, 0.3) is 5.56 Å². The van der Waals surface area contributed by atoms with Crippen LogP contribution in [-0.4, -0.2) is 47.4 Å². The molecule has 3 heterocycles. The number of rotatable bonds is 8. The fourth-order valence-corrected chi connectivity index (χ4v) is 6.55. The summed E-state index contributed by atoms with van der Waals surface area (Å²) in [7, 11) is 0. The Morgan fingerprint density at radius 2 is 1.88 bits per heavy atom. The molecule has 0 unspecified atom stereocenters. The topological polar surface area (TPSA) is 140 Å². The van der Waals surface area contributed by atoms with Gasteiger partial charge in [-0.25, -0.2) is 14.3 Å². The fraction of sp³-hybridized carbons (Fsp3) is 0.483. The Morgan fingerprint density at radius 3 is 2.48 bits per heavy atom. The minimum absolute atomic E-state index is 0.0785. The number of hydrogen-bond donors (Lipinski definition) is 3. The molecule has 0 amide bonds. The Morgan fingerprint density at radius 1 is 1.20 bits per heavy atom. The van der Waals surface area contributed by atoms with Crippen molar-refractivity contribution in [2.45, 2.75) is 89.6 Å². The lowest BCUT2D eigenvalue weighted by Gasteiger charge is -2.35. The highest BCUT2D eigenvalue weighted by atomic mass is 32.1. The molecule has 0 radical (unpaired) electrons. The van der Waals surface area contributed by atoms with Crippen molar-refractivity contribution in [2.75, 3.05) is 0 Å². The van der Waals surface area contributed by atoms with Crippen LogP contribution in [0.1, 0.15) is 63.7 Å². The molecular weight excluding hydrogens is 534 g/mol. The average Bonchev–Trinajstić information content (AvgIpc) is 3.55. The van der Waals surface area contributed by atoms with Crippen LogP contribution in [0.3, 0.4) is 0 Å². The van der Waals surface area contributed by atoms with E-state index >= 15 is 0 Å². The monoisotopic (exact) mass is 569 g/mol. The number of aromatic nitrogens is 3. The zero-order valence-electron chi connectivity index (χ0n) is 23.0. The average molecular weight is 570 g/mol. The molecule has 1 aliphatic carbocycles. The first-order valence-corrected chi connectivity index (χ1v) is 14.2. The molecule has 5 rings (SSSR count). The van der Waals surface area contributed by atoms with Gasteiger partial charge in [-0.3, -0.25) is 9.36 Å². The van der Waals surface area contributed by atoms with Gasteiger partial charge in [0, 0.05) is 0 Å². The zero-order chi connectivity index (χ0) is 28.8. The second-order valence-electron chi connectivity index (χ2n) is 11.4. The van der Waals surface area contributed by atoms with E-state index < -0.39 is 34.8 Å². The van der Waals surface area contributed by atoms with Gasteiger partial charge in [0.2, 0.25) is 5.89 Å². The second kappa shape index (κ2) is 10.7. The number of nitrogens with zero attached hydrogens (tertiary/aromatic N) is 3. The molecule has 40 heavy (non-hydrogen) atoms. The molecule has 1 aromatic carbocycles. The van der Waals surface area contributed by atoms with Gasteiger partial charge in [0.15, 0.2) is 6.29 Å². The smallest absolute Gasteiger partial charge is 0.332 e. The summed E-state index contributed by atoms with van der Waals surface area (Å²) in [5.74, 6) is 0.329. The maximum Gasteiger partial charge on any atom is 0.332 e. The third-order valence-electron chi connectivity index (χ3n) is 7.93. The lowest BCUT2D eigenvalue weighted by atomic mass is 9.85. The largest absolute Gasteiger partial charge is 0.444 e. The predicted octanol–water partition coefficient (Wildman–Crippen LogP) is 3.69. The zero-order valence-corrected chi connectivity index (χ0v) is 23.9. The van der Waals surface area contributed by atoms with E-state index in [1.54, 1.807) is 6.92 Å². The molecule has 214 valence electrons. The molecule has 0 aliphatic heterocycles. The molecule has 10 nitrogen and oxygen atoms in total. The number of thiophene rings is 1. The summed E-state index contributed by atoms with van der Waals surface area (Å²) in [5.41, 5.74) is -2.17.